The van der Waals surface area contributed by atoms with Crippen molar-refractivity contribution in [2.24, 2.45) is 4.99 Å². The van der Waals surface area contributed by atoms with Crippen LogP contribution in [0.5, 0.6) is 0 Å². The molecule has 27 heavy (non-hydrogen) atoms. The predicted molar refractivity (Wildman–Crippen MR) is 121 cm³/mol. The number of nitrogens with zero attached hydrogens (tertiary/aromatic N) is 5. The first kappa shape index (κ1) is 22.1. The van der Waals surface area contributed by atoms with E-state index in [2.05, 4.69) is 51.5 Å². The van der Waals surface area contributed by atoms with Gasteiger partial charge in [0.1, 0.15) is 5.82 Å². The number of hydrogen-bond acceptors (Lipinski definition) is 5. The second-order valence-corrected chi connectivity index (χ2v) is 8.13. The second kappa shape index (κ2) is 10.4. The zero-order valence-corrected chi connectivity index (χ0v) is 19.7. The fraction of sp³-hybridized carbons (Fsp3) is 0.667. The van der Waals surface area contributed by atoms with Gasteiger partial charge in [-0.05, 0) is 12.8 Å². The Hall–Kier alpha value is -1.23. The molecule has 0 bridgehead atoms. The van der Waals surface area contributed by atoms with Crippen molar-refractivity contribution in [3.63, 3.8) is 0 Å². The van der Waals surface area contributed by atoms with Crippen molar-refractivity contribution in [1.29, 1.82) is 0 Å². The number of guanidine groups is 1. The summed E-state index contributed by atoms with van der Waals surface area (Å²) in [6, 6.07) is 0.321. The van der Waals surface area contributed by atoms with Crippen molar-refractivity contribution in [1.82, 2.24) is 30.4 Å². The third-order valence-corrected chi connectivity index (χ3v) is 5.74. The van der Waals surface area contributed by atoms with E-state index >= 15 is 0 Å². The molecule has 0 saturated carbocycles. The summed E-state index contributed by atoms with van der Waals surface area (Å²) in [5.74, 6) is 3.26. The fourth-order valence-electron chi connectivity index (χ4n) is 2.99. The molecular formula is C18H30IN7S. The number of fused-ring (bicyclic) bond motifs is 1. The summed E-state index contributed by atoms with van der Waals surface area (Å²) in [5, 5.41) is 12.7. The summed E-state index contributed by atoms with van der Waals surface area (Å²) in [5.41, 5.74) is 0. The van der Waals surface area contributed by atoms with E-state index in [0.29, 0.717) is 12.0 Å². The van der Waals surface area contributed by atoms with Gasteiger partial charge >= 0.3 is 0 Å². The van der Waals surface area contributed by atoms with Crippen LogP contribution in [0.2, 0.25) is 0 Å². The lowest BCUT2D eigenvalue weighted by atomic mass is 10.1. The van der Waals surface area contributed by atoms with Gasteiger partial charge in [-0.3, -0.25) is 4.99 Å². The van der Waals surface area contributed by atoms with Gasteiger partial charge in [0.15, 0.2) is 11.8 Å². The van der Waals surface area contributed by atoms with E-state index in [-0.39, 0.29) is 24.0 Å². The number of rotatable bonds is 6. The minimum atomic E-state index is 0. The van der Waals surface area contributed by atoms with Crippen LogP contribution in [-0.2, 0) is 25.8 Å². The quantitative estimate of drug-likeness (QED) is 0.360. The standard InChI is InChI=1S/C18H29N7S.HI/c1-5-14-10-21-16(26-14)8-9-20-18(19-4)22-13-6-7-15-23-17(12(2)3)24-25(15)11-13;/h10,12-13H,5-9,11H2,1-4H3,(H2,19,20,22);1H. The van der Waals surface area contributed by atoms with Gasteiger partial charge in [-0.1, -0.05) is 20.8 Å². The summed E-state index contributed by atoms with van der Waals surface area (Å²) in [6.07, 6.45) is 5.95. The average molecular weight is 503 g/mol. The van der Waals surface area contributed by atoms with Gasteiger partial charge in [0.25, 0.3) is 0 Å². The molecule has 1 atom stereocenters. The Morgan fingerprint density at radius 1 is 1.44 bits per heavy atom. The van der Waals surface area contributed by atoms with Gasteiger partial charge < -0.3 is 10.6 Å². The summed E-state index contributed by atoms with van der Waals surface area (Å²) < 4.78 is 2.05. The van der Waals surface area contributed by atoms with Gasteiger partial charge in [0, 0.05) is 49.5 Å². The third-order valence-electron chi connectivity index (χ3n) is 4.54. The zero-order valence-electron chi connectivity index (χ0n) is 16.5. The van der Waals surface area contributed by atoms with E-state index in [1.165, 1.54) is 9.88 Å². The highest BCUT2D eigenvalue weighted by molar-refractivity contribution is 14.0. The number of aromatic nitrogens is 4. The van der Waals surface area contributed by atoms with Crippen molar-refractivity contribution in [3.05, 3.63) is 27.7 Å². The third kappa shape index (κ3) is 5.87. The Morgan fingerprint density at radius 2 is 2.26 bits per heavy atom. The molecule has 9 heteroatoms. The van der Waals surface area contributed by atoms with Crippen molar-refractivity contribution in [2.45, 2.75) is 65.0 Å². The molecule has 0 aromatic carbocycles. The molecule has 150 valence electrons. The topological polar surface area (TPSA) is 80.0 Å². The summed E-state index contributed by atoms with van der Waals surface area (Å²) in [6.45, 7) is 8.09. The minimum absolute atomic E-state index is 0. The molecule has 0 spiro atoms. The Bertz CT molecular complexity index is 753. The molecule has 1 aliphatic rings. The van der Waals surface area contributed by atoms with Gasteiger partial charge in [-0.25, -0.2) is 14.6 Å². The van der Waals surface area contributed by atoms with Gasteiger partial charge in [-0.2, -0.15) is 5.10 Å². The van der Waals surface area contributed by atoms with E-state index in [0.717, 1.165) is 56.4 Å². The molecule has 7 nitrogen and oxygen atoms in total. The largest absolute Gasteiger partial charge is 0.356 e. The summed E-state index contributed by atoms with van der Waals surface area (Å²) >= 11 is 1.79. The van der Waals surface area contributed by atoms with E-state index in [9.17, 15) is 0 Å². The molecule has 0 fully saturated rings. The first-order valence-electron chi connectivity index (χ1n) is 9.43. The molecule has 1 aliphatic heterocycles. The predicted octanol–water partition coefficient (Wildman–Crippen LogP) is 2.76. The van der Waals surface area contributed by atoms with Crippen LogP contribution in [-0.4, -0.2) is 45.3 Å². The second-order valence-electron chi connectivity index (χ2n) is 6.93. The van der Waals surface area contributed by atoms with Crippen LogP contribution in [0.1, 0.15) is 54.6 Å². The maximum absolute atomic E-state index is 4.65. The molecule has 2 aromatic rings. The lowest BCUT2D eigenvalue weighted by Gasteiger charge is -2.25. The number of nitrogens with one attached hydrogen (secondary N) is 2. The number of hydrogen-bond donors (Lipinski definition) is 2. The first-order chi connectivity index (χ1) is 12.6. The van der Waals surface area contributed by atoms with Crippen molar-refractivity contribution in [3.8, 4) is 0 Å². The smallest absolute Gasteiger partial charge is 0.191 e. The normalized spacial score (nSPS) is 16.8. The molecular weight excluding hydrogens is 473 g/mol. The molecule has 0 radical (unpaired) electrons. The zero-order chi connectivity index (χ0) is 18.5. The van der Waals surface area contributed by atoms with Gasteiger partial charge in [0.2, 0.25) is 0 Å². The van der Waals surface area contributed by atoms with Crippen LogP contribution in [0.25, 0.3) is 0 Å². The molecule has 0 saturated heterocycles. The van der Waals surface area contributed by atoms with Crippen molar-refractivity contribution in [2.75, 3.05) is 13.6 Å². The number of halogens is 1. The highest BCUT2D eigenvalue weighted by atomic mass is 127. The first-order valence-corrected chi connectivity index (χ1v) is 10.2. The number of aliphatic imine (C=N–C) groups is 1. The minimum Gasteiger partial charge on any atom is -0.356 e. The number of thiazole rings is 1. The van der Waals surface area contributed by atoms with Crippen LogP contribution in [0, 0.1) is 0 Å². The fourth-order valence-corrected chi connectivity index (χ4v) is 3.86. The van der Waals surface area contributed by atoms with Crippen LogP contribution in [0.3, 0.4) is 0 Å². The molecule has 3 heterocycles. The van der Waals surface area contributed by atoms with Crippen molar-refractivity contribution >= 4 is 41.3 Å². The Balaban J connectivity index is 0.00000261. The lowest BCUT2D eigenvalue weighted by molar-refractivity contribution is 0.391. The van der Waals surface area contributed by atoms with E-state index in [4.69, 9.17) is 0 Å². The molecule has 3 rings (SSSR count). The molecule has 0 aliphatic carbocycles. The van der Waals surface area contributed by atoms with Crippen molar-refractivity contribution < 1.29 is 0 Å². The van der Waals surface area contributed by atoms with E-state index in [1.807, 2.05) is 17.9 Å². The molecule has 1 unspecified atom stereocenters. The van der Waals surface area contributed by atoms with Crippen LogP contribution >= 0.6 is 35.3 Å². The highest BCUT2D eigenvalue weighted by Gasteiger charge is 2.23. The summed E-state index contributed by atoms with van der Waals surface area (Å²) in [7, 11) is 1.81. The lowest BCUT2D eigenvalue weighted by Crippen LogP contribution is -2.47. The average Bonchev–Trinajstić information content (AvgIpc) is 3.27. The van der Waals surface area contributed by atoms with Gasteiger partial charge in [0.05, 0.1) is 11.6 Å². The molecule has 2 N–H and O–H groups in total. The maximum atomic E-state index is 4.65. The number of aryl methyl sites for hydroxylation is 2. The Kier molecular flexibility index (Phi) is 8.46. The van der Waals surface area contributed by atoms with Crippen LogP contribution in [0.15, 0.2) is 11.2 Å². The van der Waals surface area contributed by atoms with Crippen LogP contribution in [0.4, 0.5) is 0 Å². The summed E-state index contributed by atoms with van der Waals surface area (Å²) in [4.78, 5) is 14.8. The molecule has 0 amide bonds. The molecule has 2 aromatic heterocycles. The van der Waals surface area contributed by atoms with E-state index < -0.39 is 0 Å². The Labute approximate surface area is 182 Å². The Morgan fingerprint density at radius 3 is 2.93 bits per heavy atom. The SMILES string of the molecule is CCc1cnc(CCNC(=NC)NC2CCc3nc(C(C)C)nn3C2)s1.I. The highest BCUT2D eigenvalue weighted by Crippen LogP contribution is 2.17. The van der Waals surface area contributed by atoms with Crippen LogP contribution < -0.4 is 10.6 Å². The van der Waals surface area contributed by atoms with E-state index in [1.54, 1.807) is 11.3 Å². The van der Waals surface area contributed by atoms with Gasteiger partial charge in [-0.15, -0.1) is 35.3 Å². The monoisotopic (exact) mass is 503 g/mol. The maximum Gasteiger partial charge on any atom is 0.191 e.